The lowest BCUT2D eigenvalue weighted by Crippen LogP contribution is -2.81. The molecule has 1 unspecified atom stereocenters. The first kappa shape index (κ1) is 11.2. The second-order valence-corrected chi connectivity index (χ2v) is 3.74. The van der Waals surface area contributed by atoms with Crippen molar-refractivity contribution >= 4 is 5.84 Å². The molecule has 14 heavy (non-hydrogen) atoms. The maximum Gasteiger partial charge on any atom is 0.163 e. The molecule has 5 nitrogen and oxygen atoms in total. The summed E-state index contributed by atoms with van der Waals surface area (Å²) in [5.74, 6) is -0.395. The molecular formula is C9H18N3O2+. The van der Waals surface area contributed by atoms with Crippen LogP contribution in [0, 0.1) is 5.41 Å². The van der Waals surface area contributed by atoms with E-state index in [9.17, 15) is 0 Å². The number of amidine groups is 1. The Bertz CT molecular complexity index is 238. The summed E-state index contributed by atoms with van der Waals surface area (Å²) in [6.45, 7) is 5.21. The summed E-state index contributed by atoms with van der Waals surface area (Å²) in [5, 5.41) is 8.89. The number of nitrogens with two attached hydrogens (primary N) is 2. The van der Waals surface area contributed by atoms with E-state index >= 15 is 0 Å². The summed E-state index contributed by atoms with van der Waals surface area (Å²) in [5.41, 5.74) is 5.15. The Kier molecular flexibility index (Phi) is 3.62. The highest BCUT2D eigenvalue weighted by atomic mass is 16.7. The van der Waals surface area contributed by atoms with E-state index in [1.165, 1.54) is 0 Å². The topological polar surface area (TPSA) is 84.9 Å². The van der Waals surface area contributed by atoms with Crippen molar-refractivity contribution < 1.29 is 14.8 Å². The monoisotopic (exact) mass is 200 g/mol. The first-order valence-electron chi connectivity index (χ1n) is 4.65. The summed E-state index contributed by atoms with van der Waals surface area (Å²) < 4.78 is 11.0. The summed E-state index contributed by atoms with van der Waals surface area (Å²) in [7, 11) is 0. The molecule has 5 N–H and O–H groups in total. The van der Waals surface area contributed by atoms with Gasteiger partial charge in [-0.05, 0) is 13.8 Å². The van der Waals surface area contributed by atoms with Crippen LogP contribution < -0.4 is 11.1 Å². The minimum Gasteiger partial charge on any atom is -0.384 e. The van der Waals surface area contributed by atoms with Crippen molar-refractivity contribution in [1.82, 2.24) is 0 Å². The Balaban J connectivity index is 2.18. The average molecular weight is 200 g/mol. The van der Waals surface area contributed by atoms with Crippen LogP contribution in [0.15, 0.2) is 12.3 Å². The summed E-state index contributed by atoms with van der Waals surface area (Å²) in [4.78, 5) is 0. The molecule has 1 rings (SSSR count). The highest BCUT2D eigenvalue weighted by Gasteiger charge is 2.33. The van der Waals surface area contributed by atoms with Gasteiger partial charge in [0, 0.05) is 6.08 Å². The molecule has 0 aliphatic carbocycles. The van der Waals surface area contributed by atoms with Crippen molar-refractivity contribution in [1.29, 1.82) is 5.41 Å². The number of rotatable bonds is 4. The fourth-order valence-electron chi connectivity index (χ4n) is 1.28. The van der Waals surface area contributed by atoms with Gasteiger partial charge in [-0.25, -0.2) is 0 Å². The Morgan fingerprint density at radius 2 is 2.43 bits per heavy atom. The molecule has 0 spiro atoms. The molecule has 0 aromatic rings. The van der Waals surface area contributed by atoms with Gasteiger partial charge in [-0.2, -0.15) is 0 Å². The normalized spacial score (nSPS) is 25.7. The van der Waals surface area contributed by atoms with Gasteiger partial charge >= 0.3 is 0 Å². The van der Waals surface area contributed by atoms with Gasteiger partial charge in [0.1, 0.15) is 18.5 Å². The van der Waals surface area contributed by atoms with E-state index in [1.807, 2.05) is 19.2 Å². The SMILES string of the molecule is CC1(C)OCC(C[NH2+]C=CC(=N)N)O1. The van der Waals surface area contributed by atoms with E-state index in [0.29, 0.717) is 6.61 Å². The Hall–Kier alpha value is -0.910. The van der Waals surface area contributed by atoms with Gasteiger partial charge in [-0.3, -0.25) is 5.41 Å². The van der Waals surface area contributed by atoms with Gasteiger partial charge in [-0.15, -0.1) is 0 Å². The van der Waals surface area contributed by atoms with Crippen molar-refractivity contribution in [3.63, 3.8) is 0 Å². The van der Waals surface area contributed by atoms with Crippen molar-refractivity contribution in [3.05, 3.63) is 12.3 Å². The zero-order valence-corrected chi connectivity index (χ0v) is 8.62. The molecule has 0 saturated carbocycles. The number of hydrogen-bond donors (Lipinski definition) is 3. The van der Waals surface area contributed by atoms with Crippen LogP contribution in [0.25, 0.3) is 0 Å². The molecule has 0 amide bonds. The molecule has 5 heteroatoms. The minimum atomic E-state index is -0.456. The van der Waals surface area contributed by atoms with Gasteiger partial charge in [0.15, 0.2) is 5.79 Å². The van der Waals surface area contributed by atoms with E-state index in [2.05, 4.69) is 0 Å². The molecule has 1 heterocycles. The second kappa shape index (κ2) is 4.54. The Labute approximate surface area is 83.8 Å². The highest BCUT2D eigenvalue weighted by molar-refractivity contribution is 5.88. The number of hydrogen-bond acceptors (Lipinski definition) is 3. The molecular weight excluding hydrogens is 182 g/mol. The molecule has 1 fully saturated rings. The van der Waals surface area contributed by atoms with Gasteiger partial charge in [-0.1, -0.05) is 0 Å². The third kappa shape index (κ3) is 3.87. The Morgan fingerprint density at radius 1 is 1.71 bits per heavy atom. The van der Waals surface area contributed by atoms with E-state index in [-0.39, 0.29) is 11.9 Å². The minimum absolute atomic E-state index is 0.0603. The molecule has 1 aliphatic heterocycles. The Morgan fingerprint density at radius 3 is 2.93 bits per heavy atom. The first-order valence-corrected chi connectivity index (χ1v) is 4.65. The third-order valence-electron chi connectivity index (χ3n) is 1.88. The number of nitrogens with one attached hydrogen (secondary N) is 1. The van der Waals surface area contributed by atoms with Crippen LogP contribution in [0.3, 0.4) is 0 Å². The number of ether oxygens (including phenoxy) is 2. The van der Waals surface area contributed by atoms with Crippen LogP contribution in [0.1, 0.15) is 13.8 Å². The lowest BCUT2D eigenvalue weighted by molar-refractivity contribution is -0.595. The van der Waals surface area contributed by atoms with Crippen LogP contribution in [-0.2, 0) is 9.47 Å². The lowest BCUT2D eigenvalue weighted by atomic mass is 10.4. The molecule has 0 radical (unpaired) electrons. The van der Waals surface area contributed by atoms with Crippen LogP contribution in [0.4, 0.5) is 0 Å². The van der Waals surface area contributed by atoms with E-state index in [0.717, 1.165) is 6.54 Å². The van der Waals surface area contributed by atoms with Crippen molar-refractivity contribution in [2.45, 2.75) is 25.7 Å². The maximum absolute atomic E-state index is 6.96. The van der Waals surface area contributed by atoms with E-state index < -0.39 is 5.79 Å². The van der Waals surface area contributed by atoms with Gasteiger partial charge in [0.2, 0.25) is 0 Å². The molecule has 1 saturated heterocycles. The van der Waals surface area contributed by atoms with Gasteiger partial charge in [0.05, 0.1) is 12.8 Å². The predicted octanol–water partition coefficient (Wildman–Crippen LogP) is -0.849. The molecule has 1 atom stereocenters. The third-order valence-corrected chi connectivity index (χ3v) is 1.88. The smallest absolute Gasteiger partial charge is 0.163 e. The zero-order valence-electron chi connectivity index (χ0n) is 8.62. The highest BCUT2D eigenvalue weighted by Crippen LogP contribution is 2.20. The summed E-state index contributed by atoms with van der Waals surface area (Å²) in [6.07, 6.45) is 3.42. The van der Waals surface area contributed by atoms with Crippen molar-refractivity contribution in [2.75, 3.05) is 13.2 Å². The van der Waals surface area contributed by atoms with Crippen molar-refractivity contribution in [2.24, 2.45) is 5.73 Å². The maximum atomic E-state index is 6.96. The molecule has 0 aromatic heterocycles. The fraction of sp³-hybridized carbons (Fsp3) is 0.667. The van der Waals surface area contributed by atoms with Crippen LogP contribution in [-0.4, -0.2) is 30.9 Å². The quantitative estimate of drug-likeness (QED) is 0.408. The van der Waals surface area contributed by atoms with Crippen LogP contribution in [0.5, 0.6) is 0 Å². The van der Waals surface area contributed by atoms with Crippen LogP contribution >= 0.6 is 0 Å². The van der Waals surface area contributed by atoms with Gasteiger partial charge < -0.3 is 20.5 Å². The standard InChI is InChI=1S/C9H17N3O2/c1-9(2)13-6-7(14-9)5-12-4-3-8(10)11/h3-4,7,12H,5-6H2,1-2H3,(H3,10,11)/p+1. The first-order chi connectivity index (χ1) is 6.49. The predicted molar refractivity (Wildman–Crippen MR) is 52.8 cm³/mol. The van der Waals surface area contributed by atoms with Gasteiger partial charge in [0.25, 0.3) is 0 Å². The molecule has 80 valence electrons. The lowest BCUT2D eigenvalue weighted by Gasteiger charge is -2.15. The van der Waals surface area contributed by atoms with Crippen molar-refractivity contribution in [3.8, 4) is 0 Å². The summed E-state index contributed by atoms with van der Waals surface area (Å²) >= 11 is 0. The zero-order chi connectivity index (χ0) is 10.6. The van der Waals surface area contributed by atoms with E-state index in [1.54, 1.807) is 12.3 Å². The molecule has 1 aliphatic rings. The van der Waals surface area contributed by atoms with Crippen LogP contribution in [0.2, 0.25) is 0 Å². The second-order valence-electron chi connectivity index (χ2n) is 3.74. The number of quaternary nitrogens is 1. The van der Waals surface area contributed by atoms with E-state index in [4.69, 9.17) is 20.6 Å². The largest absolute Gasteiger partial charge is 0.384 e. The molecule has 0 aromatic carbocycles. The molecule has 0 bridgehead atoms. The summed E-state index contributed by atoms with van der Waals surface area (Å²) in [6, 6.07) is 0. The average Bonchev–Trinajstić information content (AvgIpc) is 2.39. The fourth-order valence-corrected chi connectivity index (χ4v) is 1.28.